The molecule has 18 heavy (non-hydrogen) atoms. The first-order valence-corrected chi connectivity index (χ1v) is 6.85. The quantitative estimate of drug-likeness (QED) is 0.850. The number of fused-ring (bicyclic) bond motifs is 1. The van der Waals surface area contributed by atoms with Crippen molar-refractivity contribution in [1.82, 2.24) is 9.55 Å². The minimum atomic E-state index is 0.694. The summed E-state index contributed by atoms with van der Waals surface area (Å²) in [5.41, 5.74) is 8.10. The third-order valence-corrected chi connectivity index (χ3v) is 3.31. The van der Waals surface area contributed by atoms with Gasteiger partial charge in [0.1, 0.15) is 5.65 Å². The van der Waals surface area contributed by atoms with Crippen LogP contribution in [0.1, 0.15) is 32.3 Å². The van der Waals surface area contributed by atoms with E-state index in [1.807, 2.05) is 12.3 Å². The van der Waals surface area contributed by atoms with Crippen LogP contribution in [0.3, 0.4) is 0 Å². The standard InChI is InChI=1S/C15H23N3/c1-12(2)5-4-10-18-11-13(7-8-16)14-6-3-9-17-15(14)18/h3,6,9,11-12H,4-5,7-8,10,16H2,1-2H3. The van der Waals surface area contributed by atoms with Gasteiger partial charge in [-0.05, 0) is 49.4 Å². The SMILES string of the molecule is CC(C)CCCn1cc(CCN)c2cccnc21. The van der Waals surface area contributed by atoms with E-state index >= 15 is 0 Å². The highest BCUT2D eigenvalue weighted by Crippen LogP contribution is 2.20. The van der Waals surface area contributed by atoms with Crippen molar-refractivity contribution in [3.05, 3.63) is 30.1 Å². The number of pyridine rings is 1. The highest BCUT2D eigenvalue weighted by molar-refractivity contribution is 5.80. The van der Waals surface area contributed by atoms with E-state index in [0.29, 0.717) is 6.54 Å². The average molecular weight is 245 g/mol. The molecule has 0 saturated heterocycles. The number of aromatic nitrogens is 2. The van der Waals surface area contributed by atoms with Gasteiger partial charge in [-0.15, -0.1) is 0 Å². The van der Waals surface area contributed by atoms with Crippen molar-refractivity contribution in [2.45, 2.75) is 39.7 Å². The van der Waals surface area contributed by atoms with Gasteiger partial charge in [-0.2, -0.15) is 0 Å². The van der Waals surface area contributed by atoms with Crippen LogP contribution in [0.5, 0.6) is 0 Å². The van der Waals surface area contributed by atoms with Gasteiger partial charge in [0.2, 0.25) is 0 Å². The Morgan fingerprint density at radius 2 is 2.22 bits per heavy atom. The van der Waals surface area contributed by atoms with E-state index in [9.17, 15) is 0 Å². The molecule has 0 spiro atoms. The zero-order chi connectivity index (χ0) is 13.0. The topological polar surface area (TPSA) is 43.8 Å². The second-order valence-corrected chi connectivity index (χ2v) is 5.30. The van der Waals surface area contributed by atoms with E-state index in [0.717, 1.165) is 24.5 Å². The Kier molecular flexibility index (Phi) is 4.37. The van der Waals surface area contributed by atoms with Crippen molar-refractivity contribution in [1.29, 1.82) is 0 Å². The minimum absolute atomic E-state index is 0.694. The number of hydrogen-bond acceptors (Lipinski definition) is 2. The number of aryl methyl sites for hydroxylation is 1. The molecule has 0 unspecified atom stereocenters. The zero-order valence-corrected chi connectivity index (χ0v) is 11.4. The molecule has 0 aliphatic carbocycles. The first kappa shape index (κ1) is 13.1. The molecule has 3 nitrogen and oxygen atoms in total. The second kappa shape index (κ2) is 6.01. The molecule has 2 aromatic rings. The summed E-state index contributed by atoms with van der Waals surface area (Å²) in [6, 6.07) is 4.15. The molecule has 2 N–H and O–H groups in total. The third-order valence-electron chi connectivity index (χ3n) is 3.31. The summed E-state index contributed by atoms with van der Waals surface area (Å²) < 4.78 is 2.28. The van der Waals surface area contributed by atoms with Crippen LogP contribution in [-0.4, -0.2) is 16.1 Å². The Labute approximate surface area is 109 Å². The summed E-state index contributed by atoms with van der Waals surface area (Å²) in [7, 11) is 0. The number of nitrogens with zero attached hydrogens (tertiary/aromatic N) is 2. The molecule has 0 amide bonds. The second-order valence-electron chi connectivity index (χ2n) is 5.30. The monoisotopic (exact) mass is 245 g/mol. The lowest BCUT2D eigenvalue weighted by Gasteiger charge is -2.06. The molecule has 0 atom stereocenters. The smallest absolute Gasteiger partial charge is 0.140 e. The maximum Gasteiger partial charge on any atom is 0.140 e. The molecule has 0 aliphatic rings. The van der Waals surface area contributed by atoms with Gasteiger partial charge < -0.3 is 10.3 Å². The van der Waals surface area contributed by atoms with Crippen molar-refractivity contribution in [3.63, 3.8) is 0 Å². The summed E-state index contributed by atoms with van der Waals surface area (Å²) >= 11 is 0. The Morgan fingerprint density at radius 3 is 2.94 bits per heavy atom. The van der Waals surface area contributed by atoms with E-state index in [1.165, 1.54) is 23.8 Å². The van der Waals surface area contributed by atoms with Crippen molar-refractivity contribution >= 4 is 11.0 Å². The van der Waals surface area contributed by atoms with Gasteiger partial charge in [0, 0.05) is 24.3 Å². The molecule has 2 aromatic heterocycles. The highest BCUT2D eigenvalue weighted by atomic mass is 15.0. The first-order chi connectivity index (χ1) is 8.72. The summed E-state index contributed by atoms with van der Waals surface area (Å²) in [6.45, 7) is 6.29. The van der Waals surface area contributed by atoms with Gasteiger partial charge in [-0.25, -0.2) is 4.98 Å². The Morgan fingerprint density at radius 1 is 1.39 bits per heavy atom. The number of rotatable bonds is 6. The van der Waals surface area contributed by atoms with Crippen molar-refractivity contribution < 1.29 is 0 Å². The van der Waals surface area contributed by atoms with Crippen LogP contribution < -0.4 is 5.73 Å². The zero-order valence-electron chi connectivity index (χ0n) is 11.4. The fourth-order valence-corrected chi connectivity index (χ4v) is 2.39. The lowest BCUT2D eigenvalue weighted by molar-refractivity contribution is 0.516. The van der Waals surface area contributed by atoms with Crippen molar-refractivity contribution in [2.24, 2.45) is 11.7 Å². The van der Waals surface area contributed by atoms with Crippen LogP contribution in [0.4, 0.5) is 0 Å². The maximum absolute atomic E-state index is 5.67. The summed E-state index contributed by atoms with van der Waals surface area (Å²) in [5.74, 6) is 0.767. The molecular weight excluding hydrogens is 222 g/mol. The number of hydrogen-bond donors (Lipinski definition) is 1. The fourth-order valence-electron chi connectivity index (χ4n) is 2.39. The van der Waals surface area contributed by atoms with Crippen molar-refractivity contribution in [2.75, 3.05) is 6.54 Å². The predicted molar refractivity (Wildman–Crippen MR) is 76.6 cm³/mol. The molecule has 0 aliphatic heterocycles. The normalized spacial score (nSPS) is 11.6. The molecule has 0 radical (unpaired) electrons. The molecule has 3 heteroatoms. The highest BCUT2D eigenvalue weighted by Gasteiger charge is 2.08. The molecule has 0 fully saturated rings. The van der Waals surface area contributed by atoms with Crippen LogP contribution in [0, 0.1) is 5.92 Å². The molecule has 2 heterocycles. The van der Waals surface area contributed by atoms with E-state index in [1.54, 1.807) is 0 Å². The Hall–Kier alpha value is -1.35. The summed E-state index contributed by atoms with van der Waals surface area (Å²) in [6.07, 6.45) is 7.50. The molecule has 0 saturated carbocycles. The average Bonchev–Trinajstić information content (AvgIpc) is 2.69. The fraction of sp³-hybridized carbons (Fsp3) is 0.533. The summed E-state index contributed by atoms with van der Waals surface area (Å²) in [4.78, 5) is 4.50. The third kappa shape index (κ3) is 2.91. The van der Waals surface area contributed by atoms with Crippen molar-refractivity contribution in [3.8, 4) is 0 Å². The Balaban J connectivity index is 2.21. The van der Waals surface area contributed by atoms with Gasteiger partial charge in [0.25, 0.3) is 0 Å². The summed E-state index contributed by atoms with van der Waals surface area (Å²) in [5, 5.41) is 1.26. The lowest BCUT2D eigenvalue weighted by Crippen LogP contribution is -2.02. The van der Waals surface area contributed by atoms with Gasteiger partial charge in [0.15, 0.2) is 0 Å². The molecule has 2 rings (SSSR count). The predicted octanol–water partition coefficient (Wildman–Crippen LogP) is 2.97. The van der Waals surface area contributed by atoms with E-state index < -0.39 is 0 Å². The van der Waals surface area contributed by atoms with Gasteiger partial charge in [-0.3, -0.25) is 0 Å². The Bertz CT molecular complexity index is 499. The van der Waals surface area contributed by atoms with Crippen LogP contribution in [0.15, 0.2) is 24.5 Å². The van der Waals surface area contributed by atoms with Crippen LogP contribution in [0.25, 0.3) is 11.0 Å². The molecule has 98 valence electrons. The van der Waals surface area contributed by atoms with Gasteiger partial charge in [-0.1, -0.05) is 13.8 Å². The maximum atomic E-state index is 5.67. The van der Waals surface area contributed by atoms with E-state index in [-0.39, 0.29) is 0 Å². The lowest BCUT2D eigenvalue weighted by atomic mass is 10.1. The molecule has 0 bridgehead atoms. The van der Waals surface area contributed by atoms with Crippen LogP contribution in [-0.2, 0) is 13.0 Å². The molecular formula is C15H23N3. The number of nitrogens with two attached hydrogens (primary N) is 1. The minimum Gasteiger partial charge on any atom is -0.332 e. The van der Waals surface area contributed by atoms with Crippen LogP contribution >= 0.6 is 0 Å². The van der Waals surface area contributed by atoms with Gasteiger partial charge >= 0.3 is 0 Å². The van der Waals surface area contributed by atoms with E-state index in [2.05, 4.69) is 35.7 Å². The van der Waals surface area contributed by atoms with E-state index in [4.69, 9.17) is 5.73 Å². The molecule has 0 aromatic carbocycles. The van der Waals surface area contributed by atoms with Crippen LogP contribution in [0.2, 0.25) is 0 Å². The largest absolute Gasteiger partial charge is 0.332 e. The van der Waals surface area contributed by atoms with Gasteiger partial charge in [0.05, 0.1) is 0 Å². The first-order valence-electron chi connectivity index (χ1n) is 6.85.